The number of hydrogen-bond acceptors (Lipinski definition) is 3. The predicted molar refractivity (Wildman–Crippen MR) is 102 cm³/mol. The third-order valence-corrected chi connectivity index (χ3v) is 6.58. The van der Waals surface area contributed by atoms with E-state index in [4.69, 9.17) is 9.47 Å². The number of rotatable bonds is 1. The van der Waals surface area contributed by atoms with Crippen LogP contribution < -0.4 is 9.47 Å². The molecule has 1 aromatic carbocycles. The molecule has 3 heterocycles. The van der Waals surface area contributed by atoms with Crippen LogP contribution in [0.25, 0.3) is 0 Å². The lowest BCUT2D eigenvalue weighted by atomic mass is 9.71. The molecule has 5 nitrogen and oxygen atoms in total. The fraction of sp³-hybridized carbons (Fsp3) is 0.500. The maximum Gasteiger partial charge on any atom is 0.255 e. The summed E-state index contributed by atoms with van der Waals surface area (Å²) in [7, 11) is 1.95. The Morgan fingerprint density at radius 2 is 1.85 bits per heavy atom. The van der Waals surface area contributed by atoms with Gasteiger partial charge >= 0.3 is 0 Å². The Bertz CT molecular complexity index is 895. The molecule has 5 rings (SSSR count). The van der Waals surface area contributed by atoms with Crippen LogP contribution in [0.3, 0.4) is 0 Å². The lowest BCUT2D eigenvalue weighted by Crippen LogP contribution is -2.48. The molecule has 1 spiro atoms. The van der Waals surface area contributed by atoms with Crippen LogP contribution in [0, 0.1) is 0 Å². The molecule has 1 amide bonds. The van der Waals surface area contributed by atoms with Gasteiger partial charge in [0, 0.05) is 31.4 Å². The number of benzene rings is 1. The first-order valence-electron chi connectivity index (χ1n) is 9.94. The zero-order valence-corrected chi connectivity index (χ0v) is 16.0. The highest BCUT2D eigenvalue weighted by Gasteiger charge is 2.46. The topological polar surface area (TPSA) is 43.7 Å². The maximum atomic E-state index is 13.3. The van der Waals surface area contributed by atoms with Crippen molar-refractivity contribution < 1.29 is 14.3 Å². The Morgan fingerprint density at radius 3 is 2.52 bits per heavy atom. The van der Waals surface area contributed by atoms with Crippen molar-refractivity contribution in [1.82, 2.24) is 9.47 Å². The van der Waals surface area contributed by atoms with E-state index in [0.29, 0.717) is 13.2 Å². The molecule has 0 saturated heterocycles. The van der Waals surface area contributed by atoms with Gasteiger partial charge in [-0.05, 0) is 49.1 Å². The number of aromatic nitrogens is 1. The molecule has 0 bridgehead atoms. The van der Waals surface area contributed by atoms with Crippen LogP contribution in [-0.2, 0) is 12.5 Å². The highest BCUT2D eigenvalue weighted by molar-refractivity contribution is 5.94. The van der Waals surface area contributed by atoms with Gasteiger partial charge < -0.3 is 18.9 Å². The molecule has 1 atom stereocenters. The standard InChI is InChI=1S/C22H26N2O3/c1-15-17-11-19-20(27-10-9-26-19)12-18(17)22(6-3-4-7-22)14-24(15)21(25)16-5-8-23(2)13-16/h5,8,11-13,15H,3-4,6-7,9-10,14H2,1-2H3/t15-/m1/s1. The number of carbonyl (C=O) groups is 1. The molecule has 1 aromatic heterocycles. The molecule has 0 N–H and O–H groups in total. The third kappa shape index (κ3) is 2.55. The Kier molecular flexibility index (Phi) is 3.74. The second-order valence-corrected chi connectivity index (χ2v) is 8.25. The van der Waals surface area contributed by atoms with Gasteiger partial charge in [-0.25, -0.2) is 0 Å². The van der Waals surface area contributed by atoms with E-state index in [1.807, 2.05) is 30.1 Å². The highest BCUT2D eigenvalue weighted by Crippen LogP contribution is 2.52. The van der Waals surface area contributed by atoms with Crippen molar-refractivity contribution in [3.8, 4) is 11.5 Å². The van der Waals surface area contributed by atoms with E-state index in [-0.39, 0.29) is 17.4 Å². The molecule has 142 valence electrons. The largest absolute Gasteiger partial charge is 0.486 e. The molecule has 2 aliphatic heterocycles. The average Bonchev–Trinajstić information content (AvgIpc) is 3.33. The van der Waals surface area contributed by atoms with Crippen LogP contribution in [0.4, 0.5) is 0 Å². The van der Waals surface area contributed by atoms with E-state index < -0.39 is 0 Å². The fourth-order valence-electron chi connectivity index (χ4n) is 5.15. The predicted octanol–water partition coefficient (Wildman–Crippen LogP) is 3.83. The minimum absolute atomic E-state index is 0.0229. The number of aryl methyl sites for hydroxylation is 1. The first-order valence-corrected chi connectivity index (χ1v) is 9.94. The Hall–Kier alpha value is -2.43. The molecule has 5 heteroatoms. The quantitative estimate of drug-likeness (QED) is 0.771. The summed E-state index contributed by atoms with van der Waals surface area (Å²) >= 11 is 0. The summed E-state index contributed by atoms with van der Waals surface area (Å²) in [5.74, 6) is 1.80. The van der Waals surface area contributed by atoms with E-state index >= 15 is 0 Å². The van der Waals surface area contributed by atoms with Crippen LogP contribution in [0.1, 0.15) is 60.1 Å². The zero-order valence-electron chi connectivity index (χ0n) is 16.0. The Labute approximate surface area is 159 Å². The molecule has 1 aliphatic carbocycles. The van der Waals surface area contributed by atoms with E-state index in [2.05, 4.69) is 24.0 Å². The minimum atomic E-state index is 0.0229. The zero-order chi connectivity index (χ0) is 18.6. The van der Waals surface area contributed by atoms with Gasteiger partial charge in [0.2, 0.25) is 0 Å². The second kappa shape index (κ2) is 6.04. The van der Waals surface area contributed by atoms with Gasteiger partial charge in [-0.15, -0.1) is 0 Å². The number of fused-ring (bicyclic) bond motifs is 3. The summed E-state index contributed by atoms with van der Waals surface area (Å²) in [5.41, 5.74) is 3.39. The molecule has 1 fully saturated rings. The summed E-state index contributed by atoms with van der Waals surface area (Å²) in [6, 6.07) is 6.26. The molecular weight excluding hydrogens is 340 g/mol. The van der Waals surface area contributed by atoms with Gasteiger partial charge in [0.25, 0.3) is 5.91 Å². The van der Waals surface area contributed by atoms with Gasteiger partial charge in [0.05, 0.1) is 11.6 Å². The summed E-state index contributed by atoms with van der Waals surface area (Å²) < 4.78 is 13.6. The average molecular weight is 366 g/mol. The monoisotopic (exact) mass is 366 g/mol. The van der Waals surface area contributed by atoms with Gasteiger partial charge in [-0.2, -0.15) is 0 Å². The highest BCUT2D eigenvalue weighted by atomic mass is 16.6. The molecule has 2 aromatic rings. The van der Waals surface area contributed by atoms with Crippen LogP contribution in [0.15, 0.2) is 30.6 Å². The number of hydrogen-bond donors (Lipinski definition) is 0. The maximum absolute atomic E-state index is 13.3. The van der Waals surface area contributed by atoms with Gasteiger partial charge in [0.1, 0.15) is 13.2 Å². The normalized spacial score (nSPS) is 22.7. The van der Waals surface area contributed by atoms with Crippen molar-refractivity contribution in [3.63, 3.8) is 0 Å². The molecular formula is C22H26N2O3. The molecule has 0 radical (unpaired) electrons. The van der Waals surface area contributed by atoms with Crippen LogP contribution in [0.2, 0.25) is 0 Å². The third-order valence-electron chi connectivity index (χ3n) is 6.58. The molecule has 0 unspecified atom stereocenters. The van der Waals surface area contributed by atoms with Crippen molar-refractivity contribution in [2.45, 2.75) is 44.1 Å². The number of nitrogens with zero attached hydrogens (tertiary/aromatic N) is 2. The summed E-state index contributed by atoms with van der Waals surface area (Å²) in [5, 5.41) is 0. The van der Waals surface area contributed by atoms with Crippen LogP contribution >= 0.6 is 0 Å². The lowest BCUT2D eigenvalue weighted by Gasteiger charge is -2.46. The van der Waals surface area contributed by atoms with Gasteiger partial charge in [-0.3, -0.25) is 4.79 Å². The smallest absolute Gasteiger partial charge is 0.255 e. The first kappa shape index (κ1) is 16.7. The number of carbonyl (C=O) groups excluding carboxylic acids is 1. The minimum Gasteiger partial charge on any atom is -0.486 e. The van der Waals surface area contributed by atoms with Gasteiger partial charge in [-0.1, -0.05) is 12.8 Å². The van der Waals surface area contributed by atoms with E-state index in [0.717, 1.165) is 36.4 Å². The SMILES string of the molecule is C[C@@H]1c2cc3c(cc2C2(CCCC2)CN1C(=O)c1ccn(C)c1)OCCO3. The fourth-order valence-corrected chi connectivity index (χ4v) is 5.15. The van der Waals surface area contributed by atoms with Crippen molar-refractivity contribution >= 4 is 5.91 Å². The summed E-state index contributed by atoms with van der Waals surface area (Å²) in [6.07, 6.45) is 8.54. The van der Waals surface area contributed by atoms with E-state index in [9.17, 15) is 4.79 Å². The van der Waals surface area contributed by atoms with Crippen molar-refractivity contribution in [2.24, 2.45) is 7.05 Å². The summed E-state index contributed by atoms with van der Waals surface area (Å²) in [6.45, 7) is 4.11. The lowest BCUT2D eigenvalue weighted by molar-refractivity contribution is 0.0593. The van der Waals surface area contributed by atoms with Crippen LogP contribution in [0.5, 0.6) is 11.5 Å². The first-order chi connectivity index (χ1) is 13.1. The van der Waals surface area contributed by atoms with E-state index in [1.165, 1.54) is 24.0 Å². The molecule has 1 saturated carbocycles. The Balaban J connectivity index is 1.61. The Morgan fingerprint density at radius 1 is 1.15 bits per heavy atom. The van der Waals surface area contributed by atoms with Crippen molar-refractivity contribution in [1.29, 1.82) is 0 Å². The molecule has 3 aliphatic rings. The van der Waals surface area contributed by atoms with Crippen LogP contribution in [-0.4, -0.2) is 35.1 Å². The van der Waals surface area contributed by atoms with Crippen molar-refractivity contribution in [3.05, 3.63) is 47.3 Å². The van der Waals surface area contributed by atoms with Gasteiger partial charge in [0.15, 0.2) is 11.5 Å². The summed E-state index contributed by atoms with van der Waals surface area (Å²) in [4.78, 5) is 15.4. The molecule has 27 heavy (non-hydrogen) atoms. The number of amides is 1. The van der Waals surface area contributed by atoms with E-state index in [1.54, 1.807) is 0 Å². The number of ether oxygens (including phenoxy) is 2. The second-order valence-electron chi connectivity index (χ2n) is 8.25. The van der Waals surface area contributed by atoms with Crippen molar-refractivity contribution in [2.75, 3.05) is 19.8 Å².